The van der Waals surface area contributed by atoms with Crippen LogP contribution in [0.4, 0.5) is 0 Å². The molecule has 0 bridgehead atoms. The third kappa shape index (κ3) is 4.16. The van der Waals surface area contributed by atoms with Crippen LogP contribution in [0.5, 0.6) is 5.75 Å². The Hall–Kier alpha value is -1.85. The highest BCUT2D eigenvalue weighted by Gasteiger charge is 2.28. The van der Waals surface area contributed by atoms with Crippen LogP contribution in [-0.2, 0) is 4.79 Å². The number of amides is 1. The summed E-state index contributed by atoms with van der Waals surface area (Å²) in [5.74, 6) is 0.688. The van der Waals surface area contributed by atoms with E-state index in [1.54, 1.807) is 0 Å². The molecular formula is C19H21BrN2O2. The van der Waals surface area contributed by atoms with Gasteiger partial charge in [-0.2, -0.15) is 0 Å². The molecule has 126 valence electrons. The average Bonchev–Trinajstić information content (AvgIpc) is 2.91. The van der Waals surface area contributed by atoms with E-state index in [1.807, 2.05) is 59.5 Å². The smallest absolute Gasteiger partial charge is 0.268 e. The molecule has 2 aromatic rings. The number of nitrogens with one attached hydrogen (secondary N) is 1. The van der Waals surface area contributed by atoms with Crippen molar-refractivity contribution in [1.29, 1.82) is 0 Å². The van der Waals surface area contributed by atoms with Gasteiger partial charge < -0.3 is 15.0 Å². The van der Waals surface area contributed by atoms with Gasteiger partial charge in [0.2, 0.25) is 6.10 Å². The van der Waals surface area contributed by atoms with E-state index in [1.165, 1.54) is 0 Å². The summed E-state index contributed by atoms with van der Waals surface area (Å²) >= 11 is 3.50. The molecule has 1 aliphatic heterocycles. The first-order valence-electron chi connectivity index (χ1n) is 8.21. The summed E-state index contributed by atoms with van der Waals surface area (Å²) in [4.78, 5) is 15.0. The van der Waals surface area contributed by atoms with Crippen molar-refractivity contribution >= 4 is 21.8 Å². The molecule has 1 N–H and O–H groups in total. The van der Waals surface area contributed by atoms with Crippen molar-refractivity contribution in [2.24, 2.45) is 0 Å². The minimum atomic E-state index is -0.636. The lowest BCUT2D eigenvalue weighted by atomic mass is 10.1. The second-order valence-electron chi connectivity index (χ2n) is 5.77. The van der Waals surface area contributed by atoms with Crippen LogP contribution in [0.2, 0.25) is 0 Å². The topological polar surface area (TPSA) is 41.6 Å². The van der Waals surface area contributed by atoms with Crippen molar-refractivity contribution in [3.63, 3.8) is 0 Å². The van der Waals surface area contributed by atoms with Gasteiger partial charge in [-0.25, -0.2) is 0 Å². The Kier molecular flexibility index (Phi) is 5.88. The zero-order valence-electron chi connectivity index (χ0n) is 13.5. The van der Waals surface area contributed by atoms with Crippen molar-refractivity contribution in [3.8, 4) is 5.75 Å². The molecule has 1 unspecified atom stereocenters. The molecule has 3 rings (SSSR count). The summed E-state index contributed by atoms with van der Waals surface area (Å²) in [6.45, 7) is 3.24. The van der Waals surface area contributed by atoms with Crippen LogP contribution in [0, 0.1) is 0 Å². The lowest BCUT2D eigenvalue weighted by Gasteiger charge is -2.27. The van der Waals surface area contributed by atoms with E-state index >= 15 is 0 Å². The molecule has 1 amide bonds. The van der Waals surface area contributed by atoms with Crippen molar-refractivity contribution < 1.29 is 9.53 Å². The molecule has 24 heavy (non-hydrogen) atoms. The SMILES string of the molecule is O=C(C(Oc1ccccc1Br)c1ccccc1)N1CCCNCC1. The van der Waals surface area contributed by atoms with Gasteiger partial charge in [-0.3, -0.25) is 4.79 Å². The Morgan fingerprint density at radius 1 is 1.04 bits per heavy atom. The largest absolute Gasteiger partial charge is 0.475 e. The molecule has 1 atom stereocenters. The molecule has 5 heteroatoms. The average molecular weight is 389 g/mol. The first-order valence-corrected chi connectivity index (χ1v) is 9.00. The first-order chi connectivity index (χ1) is 11.8. The number of ether oxygens (including phenoxy) is 1. The fraction of sp³-hybridized carbons (Fsp3) is 0.316. The Morgan fingerprint density at radius 3 is 2.58 bits per heavy atom. The van der Waals surface area contributed by atoms with E-state index < -0.39 is 6.10 Å². The Balaban J connectivity index is 1.87. The molecule has 0 saturated carbocycles. The molecule has 0 spiro atoms. The molecule has 1 saturated heterocycles. The van der Waals surface area contributed by atoms with Crippen LogP contribution >= 0.6 is 15.9 Å². The van der Waals surface area contributed by atoms with Crippen LogP contribution in [0.25, 0.3) is 0 Å². The number of halogens is 1. The molecule has 0 aliphatic carbocycles. The predicted molar refractivity (Wildman–Crippen MR) is 98.0 cm³/mol. The first kappa shape index (κ1) is 17.0. The van der Waals surface area contributed by atoms with Crippen molar-refractivity contribution in [2.45, 2.75) is 12.5 Å². The molecule has 0 radical (unpaired) electrons. The van der Waals surface area contributed by atoms with E-state index in [-0.39, 0.29) is 5.91 Å². The lowest BCUT2D eigenvalue weighted by molar-refractivity contribution is -0.138. The second kappa shape index (κ2) is 8.31. The third-order valence-corrected chi connectivity index (χ3v) is 4.71. The third-order valence-electron chi connectivity index (χ3n) is 4.06. The van der Waals surface area contributed by atoms with Gasteiger partial charge in [0.05, 0.1) is 4.47 Å². The van der Waals surface area contributed by atoms with E-state index in [4.69, 9.17) is 4.74 Å². The molecule has 1 fully saturated rings. The van der Waals surface area contributed by atoms with Gasteiger partial charge in [-0.1, -0.05) is 42.5 Å². The van der Waals surface area contributed by atoms with Crippen LogP contribution < -0.4 is 10.1 Å². The molecule has 1 aliphatic rings. The van der Waals surface area contributed by atoms with Gasteiger partial charge >= 0.3 is 0 Å². The molecular weight excluding hydrogens is 368 g/mol. The van der Waals surface area contributed by atoms with Crippen LogP contribution in [0.1, 0.15) is 18.1 Å². The molecule has 1 heterocycles. The monoisotopic (exact) mass is 388 g/mol. The molecule has 4 nitrogen and oxygen atoms in total. The Bertz CT molecular complexity index is 670. The van der Waals surface area contributed by atoms with E-state index in [9.17, 15) is 4.79 Å². The highest BCUT2D eigenvalue weighted by atomic mass is 79.9. The summed E-state index contributed by atoms with van der Waals surface area (Å²) in [6.07, 6.45) is 0.324. The number of para-hydroxylation sites is 1. The highest BCUT2D eigenvalue weighted by molar-refractivity contribution is 9.10. The van der Waals surface area contributed by atoms with Gasteiger partial charge in [0.25, 0.3) is 5.91 Å². The van der Waals surface area contributed by atoms with Gasteiger partial charge in [0.1, 0.15) is 5.75 Å². The quantitative estimate of drug-likeness (QED) is 0.872. The van der Waals surface area contributed by atoms with E-state index in [2.05, 4.69) is 21.2 Å². The maximum atomic E-state index is 13.1. The maximum Gasteiger partial charge on any atom is 0.268 e. The lowest BCUT2D eigenvalue weighted by Crippen LogP contribution is -2.39. The number of rotatable bonds is 4. The van der Waals surface area contributed by atoms with Crippen LogP contribution in [0.15, 0.2) is 59.1 Å². The number of carbonyl (C=O) groups excluding carboxylic acids is 1. The highest BCUT2D eigenvalue weighted by Crippen LogP contribution is 2.30. The van der Waals surface area contributed by atoms with E-state index in [0.717, 1.165) is 36.1 Å². The van der Waals surface area contributed by atoms with Gasteiger partial charge in [0, 0.05) is 25.2 Å². The summed E-state index contributed by atoms with van der Waals surface area (Å²) in [5.41, 5.74) is 0.871. The summed E-state index contributed by atoms with van der Waals surface area (Å²) in [7, 11) is 0. The Morgan fingerprint density at radius 2 is 1.79 bits per heavy atom. The summed E-state index contributed by atoms with van der Waals surface area (Å²) in [6, 6.07) is 17.3. The van der Waals surface area contributed by atoms with Crippen LogP contribution in [-0.4, -0.2) is 37.0 Å². The summed E-state index contributed by atoms with van der Waals surface area (Å²) in [5, 5.41) is 3.33. The zero-order valence-corrected chi connectivity index (χ0v) is 15.0. The fourth-order valence-corrected chi connectivity index (χ4v) is 3.17. The number of hydrogen-bond donors (Lipinski definition) is 1. The number of carbonyl (C=O) groups is 1. The second-order valence-corrected chi connectivity index (χ2v) is 6.62. The minimum Gasteiger partial charge on any atom is -0.475 e. The van der Waals surface area contributed by atoms with Crippen LogP contribution in [0.3, 0.4) is 0 Å². The maximum absolute atomic E-state index is 13.1. The number of hydrogen-bond acceptors (Lipinski definition) is 3. The standard InChI is InChI=1S/C19H21BrN2O2/c20-16-9-4-5-10-17(16)24-18(15-7-2-1-3-8-15)19(23)22-13-6-11-21-12-14-22/h1-5,7-10,18,21H,6,11-14H2. The number of nitrogens with zero attached hydrogens (tertiary/aromatic N) is 1. The molecule has 2 aromatic carbocycles. The van der Waals surface area contributed by atoms with E-state index in [0.29, 0.717) is 12.3 Å². The van der Waals surface area contributed by atoms with Crippen molar-refractivity contribution in [1.82, 2.24) is 10.2 Å². The predicted octanol–water partition coefficient (Wildman–Crippen LogP) is 3.39. The number of benzene rings is 2. The minimum absolute atomic E-state index is 0.0145. The van der Waals surface area contributed by atoms with Gasteiger partial charge in [0.15, 0.2) is 0 Å². The zero-order chi connectivity index (χ0) is 16.8. The van der Waals surface area contributed by atoms with Crippen molar-refractivity contribution in [2.75, 3.05) is 26.2 Å². The Labute approximate surface area is 150 Å². The van der Waals surface area contributed by atoms with Crippen molar-refractivity contribution in [3.05, 3.63) is 64.6 Å². The molecule has 0 aromatic heterocycles. The normalized spacial score (nSPS) is 16.3. The van der Waals surface area contributed by atoms with Gasteiger partial charge in [-0.05, 0) is 41.0 Å². The van der Waals surface area contributed by atoms with Gasteiger partial charge in [-0.15, -0.1) is 0 Å². The summed E-state index contributed by atoms with van der Waals surface area (Å²) < 4.78 is 6.97. The fourth-order valence-electron chi connectivity index (χ4n) is 2.79.